The van der Waals surface area contributed by atoms with Crippen LogP contribution in [-0.2, 0) is 31.8 Å². The van der Waals surface area contributed by atoms with E-state index in [-0.39, 0.29) is 35.3 Å². The van der Waals surface area contributed by atoms with Gasteiger partial charge in [-0.2, -0.15) is 0 Å². The van der Waals surface area contributed by atoms with E-state index in [1.54, 1.807) is 22.3 Å². The van der Waals surface area contributed by atoms with Gasteiger partial charge in [0.15, 0.2) is 0 Å². The number of hydrogen-bond donors (Lipinski definition) is 0. The zero-order valence-corrected chi connectivity index (χ0v) is 30.3. The summed E-state index contributed by atoms with van der Waals surface area (Å²) in [4.78, 5) is 0. The van der Waals surface area contributed by atoms with E-state index in [0.717, 1.165) is 23.2 Å². The molecule has 0 spiro atoms. The fourth-order valence-electron chi connectivity index (χ4n) is 6.15. The number of halogens is 6. The van der Waals surface area contributed by atoms with Crippen molar-refractivity contribution in [1.82, 2.24) is 0 Å². The maximum atomic E-state index is 9.93. The van der Waals surface area contributed by atoms with E-state index >= 15 is 0 Å². The minimum Gasteiger partial charge on any atom is 0 e. The SMILES string of the molecule is C1=CC2C=CC1C2.CC(C)(C)[P@]1Cc2ccccc2[C@@H]1[C@H]1c2ccccc2C[P@@]1C(C)(C)C.[F][Sb-]([F])([F])([F])([F])[F].[Rh]. The van der Waals surface area contributed by atoms with Crippen molar-refractivity contribution in [2.45, 2.75) is 81.9 Å². The molecule has 2 aromatic rings. The van der Waals surface area contributed by atoms with Crippen molar-refractivity contribution in [1.29, 1.82) is 0 Å². The Bertz CT molecular complexity index is 1190. The first kappa shape index (κ1) is 35.3. The normalized spacial score (nSPS) is 29.2. The van der Waals surface area contributed by atoms with E-state index in [0.29, 0.717) is 10.3 Å². The molecule has 2 aliphatic carbocycles. The fourth-order valence-corrected chi connectivity index (χ4v) is 13.6. The van der Waals surface area contributed by atoms with Gasteiger partial charge in [0, 0.05) is 30.8 Å². The number of fused-ring (bicyclic) bond motifs is 4. The summed E-state index contributed by atoms with van der Waals surface area (Å²) in [5, 5.41) is 0.797. The van der Waals surface area contributed by atoms with Crippen molar-refractivity contribution in [2.75, 3.05) is 0 Å². The number of rotatable bonds is 1. The van der Waals surface area contributed by atoms with Gasteiger partial charge in [0.1, 0.15) is 0 Å². The first-order valence-electron chi connectivity index (χ1n) is 13.7. The van der Waals surface area contributed by atoms with E-state index in [1.165, 1.54) is 18.7 Å². The monoisotopic (exact) mass is 812 g/mol. The third-order valence-electron chi connectivity index (χ3n) is 7.88. The summed E-state index contributed by atoms with van der Waals surface area (Å²) in [6, 6.07) is 18.7. The molecular weight excluding hydrogens is 773 g/mol. The van der Waals surface area contributed by atoms with Gasteiger partial charge < -0.3 is 0 Å². The van der Waals surface area contributed by atoms with Gasteiger partial charge in [-0.1, -0.05) is 130 Å². The number of hydrogen-bond acceptors (Lipinski definition) is 0. The topological polar surface area (TPSA) is 0 Å². The molecule has 0 aromatic heterocycles. The number of allylic oxidation sites excluding steroid dienone is 4. The zero-order chi connectivity index (χ0) is 29.8. The van der Waals surface area contributed by atoms with Crippen LogP contribution in [0, 0.1) is 11.8 Å². The largest absolute Gasteiger partial charge is 0 e. The summed E-state index contributed by atoms with van der Waals surface area (Å²) in [7, 11) is -0.139. The quantitative estimate of drug-likeness (QED) is 0.116. The van der Waals surface area contributed by atoms with Crippen molar-refractivity contribution >= 4 is 35.3 Å². The van der Waals surface area contributed by atoms with Crippen LogP contribution in [0.4, 0.5) is 16.9 Å². The Kier molecular flexibility index (Phi) is 10.0. The summed E-state index contributed by atoms with van der Waals surface area (Å²) < 4.78 is 59.6. The van der Waals surface area contributed by atoms with Gasteiger partial charge >= 0.3 is 36.4 Å². The van der Waals surface area contributed by atoms with Gasteiger partial charge in [-0.25, -0.2) is 0 Å². The van der Waals surface area contributed by atoms with Crippen LogP contribution >= 0.6 is 15.8 Å². The van der Waals surface area contributed by atoms with Crippen molar-refractivity contribution in [3.63, 3.8) is 0 Å². The molecule has 4 aliphatic rings. The van der Waals surface area contributed by atoms with Crippen LogP contribution in [0.2, 0.25) is 0 Å². The van der Waals surface area contributed by atoms with Crippen LogP contribution in [0.1, 0.15) is 81.5 Å². The van der Waals surface area contributed by atoms with Crippen LogP contribution in [-0.4, -0.2) is 29.8 Å². The van der Waals surface area contributed by atoms with Crippen molar-refractivity contribution in [2.24, 2.45) is 11.8 Å². The molecule has 10 heteroatoms. The Balaban J connectivity index is 0.000000252. The molecule has 2 aromatic carbocycles. The standard InChI is InChI=1S/C24H32P2.C7H8.6FH.Rh.Sb/c1-23(2,3)25-15-17-11-7-9-13-19(17)21(25)22-20-14-10-8-12-18(20)16-26(22)24(4,5)6;1-2-7-4-3-6(1)5-7;;;;;;;;/h7-14,21-22H,15-16H2,1-6H3;1-4,6-7H,5H2;6*1H;;/q;;;;;;;;;+5/p-6/t21-,22-,25-,26-;;;;;;;;;/m1........./s1. The summed E-state index contributed by atoms with van der Waals surface area (Å²) in [6.45, 7) is 14.9. The van der Waals surface area contributed by atoms with Crippen LogP contribution in [0.5, 0.6) is 0 Å². The minimum atomic E-state index is -11.2. The van der Waals surface area contributed by atoms with Crippen LogP contribution in [0.3, 0.4) is 0 Å². The van der Waals surface area contributed by atoms with Crippen molar-refractivity contribution in [3.05, 3.63) is 95.1 Å². The third-order valence-corrected chi connectivity index (χ3v) is 15.4. The molecule has 0 N–H and O–H groups in total. The molecule has 0 saturated carbocycles. The summed E-state index contributed by atoms with van der Waals surface area (Å²) in [5.41, 5.74) is 8.07. The van der Waals surface area contributed by atoms with Crippen LogP contribution in [0.15, 0.2) is 72.8 Å². The molecule has 0 unspecified atom stereocenters. The molecule has 2 heterocycles. The second-order valence-corrected chi connectivity index (χ2v) is 25.0. The van der Waals surface area contributed by atoms with Gasteiger partial charge in [0.25, 0.3) is 0 Å². The molecule has 6 rings (SSSR count). The molecule has 2 aliphatic heterocycles. The summed E-state index contributed by atoms with van der Waals surface area (Å²) >= 11 is -11.2. The maximum Gasteiger partial charge on any atom is 0 e. The van der Waals surface area contributed by atoms with Gasteiger partial charge in [-0.3, -0.25) is 0 Å². The summed E-state index contributed by atoms with van der Waals surface area (Å²) in [6.07, 6.45) is 13.2. The van der Waals surface area contributed by atoms with E-state index < -0.39 is 19.5 Å². The fraction of sp³-hybridized carbons (Fsp3) is 0.484. The van der Waals surface area contributed by atoms with E-state index in [9.17, 15) is 16.9 Å². The van der Waals surface area contributed by atoms with Gasteiger partial charge in [-0.15, -0.1) is 0 Å². The Hall–Kier alpha value is -0.198. The van der Waals surface area contributed by atoms with Gasteiger partial charge in [0.2, 0.25) is 0 Å². The average Bonchev–Trinajstić information content (AvgIpc) is 3.57. The molecule has 4 atom stereocenters. The maximum absolute atomic E-state index is 11.2. The van der Waals surface area contributed by atoms with Crippen LogP contribution < -0.4 is 0 Å². The molecule has 41 heavy (non-hydrogen) atoms. The van der Waals surface area contributed by atoms with E-state index in [1.807, 2.05) is 0 Å². The molecule has 2 bridgehead atoms. The van der Waals surface area contributed by atoms with Gasteiger partial charge in [0.05, 0.1) is 0 Å². The van der Waals surface area contributed by atoms with Crippen molar-refractivity contribution < 1.29 is 36.4 Å². The first-order valence-corrected chi connectivity index (χ1v) is 22.7. The second kappa shape index (κ2) is 11.6. The Morgan fingerprint density at radius 2 is 0.878 bits per heavy atom. The van der Waals surface area contributed by atoms with Crippen molar-refractivity contribution in [3.8, 4) is 0 Å². The smallest absolute Gasteiger partial charge is 0 e. The second-order valence-electron chi connectivity index (χ2n) is 13.2. The molecule has 231 valence electrons. The van der Waals surface area contributed by atoms with E-state index in [4.69, 9.17) is 0 Å². The number of benzene rings is 2. The molecular formula is C31H40F6P2RhSb-. The minimum absolute atomic E-state index is 0. The molecule has 1 radical (unpaired) electrons. The zero-order valence-electron chi connectivity index (χ0n) is 24.3. The Labute approximate surface area is 259 Å². The van der Waals surface area contributed by atoms with Gasteiger partial charge in [-0.05, 0) is 63.1 Å². The third kappa shape index (κ3) is 9.90. The predicted molar refractivity (Wildman–Crippen MR) is 161 cm³/mol. The van der Waals surface area contributed by atoms with E-state index in [2.05, 4.69) is 114 Å². The first-order chi connectivity index (χ1) is 18.1. The molecule has 0 saturated heterocycles. The predicted octanol–water partition coefficient (Wildman–Crippen LogP) is 11.9. The molecule has 0 fully saturated rings. The van der Waals surface area contributed by atoms with Crippen LogP contribution in [0.25, 0.3) is 0 Å². The Morgan fingerprint density at radius 1 is 0.585 bits per heavy atom. The summed E-state index contributed by atoms with van der Waals surface area (Å²) in [5.74, 6) is 1.62. The Morgan fingerprint density at radius 3 is 1.12 bits per heavy atom. The molecule has 0 amide bonds. The molecule has 0 nitrogen and oxygen atoms in total. The average molecular weight is 813 g/mol.